The third kappa shape index (κ3) is 6.71. The van der Waals surface area contributed by atoms with Gasteiger partial charge in [-0.1, -0.05) is 29.4 Å². The molecule has 0 spiro atoms. The molecule has 1 amide bonds. The van der Waals surface area contributed by atoms with Crippen LogP contribution in [0, 0.1) is 0 Å². The maximum atomic E-state index is 11.8. The van der Waals surface area contributed by atoms with Gasteiger partial charge in [0.1, 0.15) is 11.6 Å². The van der Waals surface area contributed by atoms with E-state index in [1.54, 1.807) is 45.0 Å². The number of hydrogen-bond acceptors (Lipinski definition) is 5. The number of nitrogens with zero attached hydrogens (tertiary/aromatic N) is 3. The predicted molar refractivity (Wildman–Crippen MR) is 84.1 cm³/mol. The minimum atomic E-state index is -0.875. The number of alkyl carbamates (subject to hydrolysis) is 1. The summed E-state index contributed by atoms with van der Waals surface area (Å²) in [6.45, 7) is 5.19. The van der Waals surface area contributed by atoms with Crippen molar-refractivity contribution in [2.24, 2.45) is 5.11 Å². The maximum Gasteiger partial charge on any atom is 0.408 e. The first kappa shape index (κ1) is 18.3. The first-order valence-electron chi connectivity index (χ1n) is 6.96. The van der Waals surface area contributed by atoms with E-state index in [0.717, 1.165) is 5.56 Å². The number of benzene rings is 1. The molecule has 124 valence electrons. The summed E-state index contributed by atoms with van der Waals surface area (Å²) in [5.41, 5.74) is 8.94. The Morgan fingerprint density at radius 3 is 2.39 bits per heavy atom. The van der Waals surface area contributed by atoms with Gasteiger partial charge in [-0.05, 0) is 31.9 Å². The molecule has 0 aliphatic carbocycles. The van der Waals surface area contributed by atoms with Gasteiger partial charge in [-0.2, -0.15) is 0 Å². The van der Waals surface area contributed by atoms with Crippen molar-refractivity contribution in [2.45, 2.75) is 38.8 Å². The van der Waals surface area contributed by atoms with E-state index in [0.29, 0.717) is 5.69 Å². The van der Waals surface area contributed by atoms with E-state index in [4.69, 9.17) is 15.0 Å². The van der Waals surface area contributed by atoms with Crippen molar-refractivity contribution in [3.8, 4) is 0 Å². The molecule has 0 radical (unpaired) electrons. The van der Waals surface area contributed by atoms with E-state index >= 15 is 0 Å². The Labute approximate surface area is 134 Å². The lowest BCUT2D eigenvalue weighted by molar-refractivity contribution is -0.143. The predicted octanol–water partition coefficient (Wildman–Crippen LogP) is 3.24. The summed E-state index contributed by atoms with van der Waals surface area (Å²) < 4.78 is 9.84. The van der Waals surface area contributed by atoms with Gasteiger partial charge in [-0.15, -0.1) is 0 Å². The van der Waals surface area contributed by atoms with E-state index in [-0.39, 0.29) is 6.42 Å². The smallest absolute Gasteiger partial charge is 0.408 e. The summed E-state index contributed by atoms with van der Waals surface area (Å²) in [4.78, 5) is 26.3. The van der Waals surface area contributed by atoms with Crippen LogP contribution in [0.3, 0.4) is 0 Å². The van der Waals surface area contributed by atoms with E-state index in [2.05, 4.69) is 15.3 Å². The molecule has 0 aliphatic heterocycles. The van der Waals surface area contributed by atoms with Crippen LogP contribution in [-0.4, -0.2) is 30.8 Å². The van der Waals surface area contributed by atoms with Gasteiger partial charge < -0.3 is 14.8 Å². The number of amides is 1. The molecule has 0 aromatic heterocycles. The Hall–Kier alpha value is -2.73. The lowest BCUT2D eigenvalue weighted by Crippen LogP contribution is -2.45. The molecule has 1 aromatic carbocycles. The summed E-state index contributed by atoms with van der Waals surface area (Å²) in [6.07, 6.45) is -0.471. The summed E-state index contributed by atoms with van der Waals surface area (Å²) in [6, 6.07) is 5.78. The zero-order valence-electron chi connectivity index (χ0n) is 13.6. The molecular weight excluding hydrogens is 300 g/mol. The highest BCUT2D eigenvalue weighted by atomic mass is 16.6. The van der Waals surface area contributed by atoms with Gasteiger partial charge in [0, 0.05) is 17.0 Å². The normalized spacial score (nSPS) is 11.8. The second kappa shape index (κ2) is 8.05. The van der Waals surface area contributed by atoms with Crippen LogP contribution in [0.4, 0.5) is 10.5 Å². The SMILES string of the molecule is COC(=O)C(Cc1ccc(N=[N+]=[N-])cc1)NC(=O)OC(C)(C)C. The number of esters is 1. The molecule has 0 saturated carbocycles. The van der Waals surface area contributed by atoms with Crippen molar-refractivity contribution >= 4 is 17.7 Å². The molecule has 0 bridgehead atoms. The second-order valence-electron chi connectivity index (χ2n) is 5.78. The van der Waals surface area contributed by atoms with Crippen LogP contribution in [0.15, 0.2) is 29.4 Å². The van der Waals surface area contributed by atoms with E-state index in [9.17, 15) is 9.59 Å². The molecule has 1 rings (SSSR count). The molecule has 1 aromatic rings. The number of hydrogen-bond donors (Lipinski definition) is 1. The first-order chi connectivity index (χ1) is 10.7. The highest BCUT2D eigenvalue weighted by Crippen LogP contribution is 2.15. The minimum Gasteiger partial charge on any atom is -0.467 e. The highest BCUT2D eigenvalue weighted by Gasteiger charge is 2.25. The van der Waals surface area contributed by atoms with Crippen LogP contribution in [0.1, 0.15) is 26.3 Å². The van der Waals surface area contributed by atoms with Gasteiger partial charge in [0.15, 0.2) is 0 Å². The van der Waals surface area contributed by atoms with Crippen LogP contribution in [0.25, 0.3) is 10.4 Å². The molecule has 0 heterocycles. The van der Waals surface area contributed by atoms with Gasteiger partial charge in [-0.3, -0.25) is 0 Å². The summed E-state index contributed by atoms with van der Waals surface area (Å²) in [5, 5.41) is 5.96. The fraction of sp³-hybridized carbons (Fsp3) is 0.467. The molecule has 8 nitrogen and oxygen atoms in total. The maximum absolute atomic E-state index is 11.8. The van der Waals surface area contributed by atoms with Crippen LogP contribution in [-0.2, 0) is 20.7 Å². The molecule has 1 atom stereocenters. The molecule has 0 fully saturated rings. The number of nitrogens with one attached hydrogen (secondary N) is 1. The summed E-state index contributed by atoms with van der Waals surface area (Å²) in [5.74, 6) is -0.574. The number of methoxy groups -OCH3 is 1. The fourth-order valence-corrected chi connectivity index (χ4v) is 1.77. The Morgan fingerprint density at radius 2 is 1.91 bits per heavy atom. The van der Waals surface area contributed by atoms with E-state index in [1.807, 2.05) is 0 Å². The van der Waals surface area contributed by atoms with Crippen LogP contribution in [0.2, 0.25) is 0 Å². The van der Waals surface area contributed by atoms with E-state index < -0.39 is 23.7 Å². The van der Waals surface area contributed by atoms with Crippen LogP contribution < -0.4 is 5.32 Å². The van der Waals surface area contributed by atoms with Crippen molar-refractivity contribution in [3.05, 3.63) is 40.3 Å². The molecule has 8 heteroatoms. The largest absolute Gasteiger partial charge is 0.467 e. The number of ether oxygens (including phenoxy) is 2. The zero-order chi connectivity index (χ0) is 17.5. The quantitative estimate of drug-likeness (QED) is 0.388. The standard InChI is InChI=1S/C15H20N4O4/c1-15(2,3)23-14(21)17-12(13(20)22-4)9-10-5-7-11(8-6-10)18-19-16/h5-8,12H,9H2,1-4H3,(H,17,21). The van der Waals surface area contributed by atoms with Crippen LogP contribution >= 0.6 is 0 Å². The third-order valence-corrected chi connectivity index (χ3v) is 2.71. The van der Waals surface area contributed by atoms with Gasteiger partial charge in [-0.25, -0.2) is 9.59 Å². The van der Waals surface area contributed by atoms with Crippen molar-refractivity contribution in [3.63, 3.8) is 0 Å². The zero-order valence-corrected chi connectivity index (χ0v) is 13.6. The van der Waals surface area contributed by atoms with Crippen molar-refractivity contribution in [2.75, 3.05) is 7.11 Å². The summed E-state index contributed by atoms with van der Waals surface area (Å²) in [7, 11) is 1.25. The topological polar surface area (TPSA) is 113 Å². The Bertz CT molecular complexity index is 601. The molecule has 23 heavy (non-hydrogen) atoms. The molecular formula is C15H20N4O4. The van der Waals surface area contributed by atoms with Gasteiger partial charge in [0.05, 0.1) is 7.11 Å². The van der Waals surface area contributed by atoms with E-state index in [1.165, 1.54) is 7.11 Å². The highest BCUT2D eigenvalue weighted by molar-refractivity contribution is 5.81. The van der Waals surface area contributed by atoms with Crippen LogP contribution in [0.5, 0.6) is 0 Å². The number of azide groups is 1. The van der Waals surface area contributed by atoms with Crippen molar-refractivity contribution in [1.82, 2.24) is 5.32 Å². The lowest BCUT2D eigenvalue weighted by Gasteiger charge is -2.22. The monoisotopic (exact) mass is 320 g/mol. The minimum absolute atomic E-state index is 0.225. The Balaban J connectivity index is 2.80. The Morgan fingerprint density at radius 1 is 1.30 bits per heavy atom. The van der Waals surface area contributed by atoms with Crippen molar-refractivity contribution in [1.29, 1.82) is 0 Å². The summed E-state index contributed by atoms with van der Waals surface area (Å²) >= 11 is 0. The van der Waals surface area contributed by atoms with Crippen molar-refractivity contribution < 1.29 is 19.1 Å². The molecule has 1 N–H and O–H groups in total. The van der Waals surface area contributed by atoms with Gasteiger partial charge in [0.25, 0.3) is 0 Å². The number of carbonyl (C=O) groups is 2. The lowest BCUT2D eigenvalue weighted by atomic mass is 10.1. The third-order valence-electron chi connectivity index (χ3n) is 2.71. The average Bonchev–Trinajstić information content (AvgIpc) is 2.46. The first-order valence-corrected chi connectivity index (χ1v) is 6.96. The van der Waals surface area contributed by atoms with Gasteiger partial charge in [0.2, 0.25) is 0 Å². The second-order valence-corrected chi connectivity index (χ2v) is 5.78. The molecule has 0 saturated heterocycles. The Kier molecular flexibility index (Phi) is 6.41. The average molecular weight is 320 g/mol. The number of rotatable bonds is 5. The molecule has 0 aliphatic rings. The van der Waals surface area contributed by atoms with Gasteiger partial charge >= 0.3 is 12.1 Å². The molecule has 1 unspecified atom stereocenters. The fourth-order valence-electron chi connectivity index (χ4n) is 1.77. The number of carbonyl (C=O) groups excluding carboxylic acids is 2.